The predicted octanol–water partition coefficient (Wildman–Crippen LogP) is 2.12. The first-order valence-corrected chi connectivity index (χ1v) is 10.4. The largest absolute Gasteiger partial charge is 0.378 e. The van der Waals surface area contributed by atoms with E-state index >= 15 is 0 Å². The van der Waals surface area contributed by atoms with Crippen LogP contribution in [-0.2, 0) is 9.53 Å². The van der Waals surface area contributed by atoms with Crippen molar-refractivity contribution in [1.82, 2.24) is 25.6 Å². The van der Waals surface area contributed by atoms with Crippen molar-refractivity contribution in [2.45, 2.75) is 26.8 Å². The van der Waals surface area contributed by atoms with Crippen molar-refractivity contribution in [3.05, 3.63) is 59.7 Å². The van der Waals surface area contributed by atoms with Gasteiger partial charge in [0.1, 0.15) is 6.04 Å². The highest BCUT2D eigenvalue weighted by atomic mass is 16.5. The molecule has 0 bridgehead atoms. The number of pyridine rings is 1. The van der Waals surface area contributed by atoms with Crippen LogP contribution >= 0.6 is 0 Å². The van der Waals surface area contributed by atoms with Gasteiger partial charge in [-0.2, -0.15) is 0 Å². The number of nitrogens with zero attached hydrogens (tertiary/aromatic N) is 4. The Morgan fingerprint density at radius 1 is 1.48 bits per heavy atom. The van der Waals surface area contributed by atoms with E-state index in [2.05, 4.69) is 39.1 Å². The van der Waals surface area contributed by atoms with Crippen LogP contribution in [0, 0.1) is 6.92 Å². The maximum atomic E-state index is 12.8. The van der Waals surface area contributed by atoms with Gasteiger partial charge < -0.3 is 15.0 Å². The maximum Gasteiger partial charge on any atom is 0.243 e. The molecule has 8 nitrogen and oxygen atoms in total. The zero-order valence-corrected chi connectivity index (χ0v) is 19.2. The van der Waals surface area contributed by atoms with Gasteiger partial charge >= 0.3 is 0 Å². The summed E-state index contributed by atoms with van der Waals surface area (Å²) in [4.78, 5) is 24.0. The quantitative estimate of drug-likeness (QED) is 0.528. The second kappa shape index (κ2) is 12.1. The molecule has 0 fully saturated rings. The van der Waals surface area contributed by atoms with E-state index in [-0.39, 0.29) is 5.91 Å². The number of rotatable bonds is 11. The summed E-state index contributed by atoms with van der Waals surface area (Å²) in [6.07, 6.45) is 5.40. The van der Waals surface area contributed by atoms with Gasteiger partial charge in [0.2, 0.25) is 5.91 Å². The number of aliphatic imine (C=N–C) groups is 1. The summed E-state index contributed by atoms with van der Waals surface area (Å²) in [7, 11) is 3.65. The van der Waals surface area contributed by atoms with E-state index in [1.807, 2.05) is 51.2 Å². The van der Waals surface area contributed by atoms with Crippen molar-refractivity contribution in [1.29, 1.82) is 0 Å². The zero-order chi connectivity index (χ0) is 22.8. The lowest BCUT2D eigenvalue weighted by Crippen LogP contribution is -2.46. The molecule has 2 rings (SSSR count). The molecule has 0 aromatic carbocycles. The van der Waals surface area contributed by atoms with E-state index in [1.54, 1.807) is 18.3 Å². The van der Waals surface area contributed by atoms with Crippen molar-refractivity contribution in [2.75, 3.05) is 40.4 Å². The van der Waals surface area contributed by atoms with Crippen LogP contribution in [0.3, 0.4) is 0 Å². The topological polar surface area (TPSA) is 82.1 Å². The van der Waals surface area contributed by atoms with Gasteiger partial charge in [-0.15, -0.1) is 0 Å². The molecule has 2 heterocycles. The summed E-state index contributed by atoms with van der Waals surface area (Å²) in [5.41, 5.74) is 7.01. The number of carbonyl (C=O) groups excluding carboxylic acids is 1. The molecule has 1 aliphatic heterocycles. The highest BCUT2D eigenvalue weighted by Gasteiger charge is 2.30. The van der Waals surface area contributed by atoms with Gasteiger partial charge in [0, 0.05) is 25.9 Å². The summed E-state index contributed by atoms with van der Waals surface area (Å²) in [5, 5.41) is 4.74. The summed E-state index contributed by atoms with van der Waals surface area (Å²) in [5.74, 6) is -0.101. The van der Waals surface area contributed by atoms with E-state index in [4.69, 9.17) is 4.74 Å². The van der Waals surface area contributed by atoms with Gasteiger partial charge in [0.25, 0.3) is 0 Å². The SMILES string of the molecule is C=C(C=N/C(=C\C)COC)N1NC(C(=O)NCCN(C)CC)C=C1c1cccc(C)n1. The monoisotopic (exact) mass is 426 g/mol. The third-order valence-corrected chi connectivity index (χ3v) is 4.89. The minimum Gasteiger partial charge on any atom is -0.378 e. The highest BCUT2D eigenvalue weighted by Crippen LogP contribution is 2.25. The molecule has 0 saturated heterocycles. The lowest BCUT2D eigenvalue weighted by molar-refractivity contribution is -0.122. The number of hydrogen-bond donors (Lipinski definition) is 2. The number of allylic oxidation sites excluding steroid dienone is 2. The zero-order valence-electron chi connectivity index (χ0n) is 19.2. The molecule has 0 radical (unpaired) electrons. The Morgan fingerprint density at radius 2 is 2.26 bits per heavy atom. The molecule has 168 valence electrons. The van der Waals surface area contributed by atoms with Gasteiger partial charge in [-0.1, -0.05) is 25.6 Å². The minimum absolute atomic E-state index is 0.101. The van der Waals surface area contributed by atoms with E-state index < -0.39 is 6.04 Å². The molecular formula is C23H34N6O2. The summed E-state index contributed by atoms with van der Waals surface area (Å²) < 4.78 is 5.15. The van der Waals surface area contributed by atoms with Gasteiger partial charge in [-0.05, 0) is 45.6 Å². The molecule has 0 aliphatic carbocycles. The van der Waals surface area contributed by atoms with E-state index in [1.165, 1.54) is 0 Å². The molecule has 0 saturated carbocycles. The minimum atomic E-state index is -0.533. The number of aromatic nitrogens is 1. The number of nitrogens with one attached hydrogen (secondary N) is 2. The van der Waals surface area contributed by atoms with E-state index in [0.717, 1.165) is 35.9 Å². The second-order valence-electron chi connectivity index (χ2n) is 7.31. The van der Waals surface area contributed by atoms with Crippen LogP contribution in [0.25, 0.3) is 5.70 Å². The number of hydrogen-bond acceptors (Lipinski definition) is 7. The number of methoxy groups -OCH3 is 1. The van der Waals surface area contributed by atoms with Crippen molar-refractivity contribution in [3.63, 3.8) is 0 Å². The fourth-order valence-electron chi connectivity index (χ4n) is 2.93. The number of ether oxygens (including phenoxy) is 1. The predicted molar refractivity (Wildman–Crippen MR) is 125 cm³/mol. The number of amides is 1. The summed E-state index contributed by atoms with van der Waals surface area (Å²) in [6.45, 7) is 12.8. The van der Waals surface area contributed by atoms with Crippen molar-refractivity contribution in [3.8, 4) is 0 Å². The molecule has 1 unspecified atom stereocenters. The van der Waals surface area contributed by atoms with Crippen LogP contribution in [-0.4, -0.2) is 73.5 Å². The van der Waals surface area contributed by atoms with Gasteiger partial charge in [0.05, 0.1) is 35.6 Å². The third kappa shape index (κ3) is 7.13. The second-order valence-corrected chi connectivity index (χ2v) is 7.31. The van der Waals surface area contributed by atoms with Gasteiger partial charge in [0.15, 0.2) is 0 Å². The molecule has 0 spiro atoms. The fourth-order valence-corrected chi connectivity index (χ4v) is 2.93. The van der Waals surface area contributed by atoms with Crippen LogP contribution < -0.4 is 10.7 Å². The van der Waals surface area contributed by atoms with Crippen molar-refractivity contribution >= 4 is 17.8 Å². The number of carbonyl (C=O) groups is 1. The molecule has 2 N–H and O–H groups in total. The highest BCUT2D eigenvalue weighted by molar-refractivity contribution is 5.89. The number of likely N-dealkylation sites (N-methyl/N-ethyl adjacent to an activating group) is 1. The Labute approximate surface area is 185 Å². The third-order valence-electron chi connectivity index (χ3n) is 4.89. The first-order chi connectivity index (χ1) is 14.9. The Hall–Kier alpha value is -2.81. The number of aryl methyl sites for hydroxylation is 1. The fraction of sp³-hybridized carbons (Fsp3) is 0.435. The van der Waals surface area contributed by atoms with Gasteiger partial charge in [-0.25, -0.2) is 5.43 Å². The smallest absolute Gasteiger partial charge is 0.243 e. The standard InChI is InChI=1S/C23H34N6O2/c1-7-19(16-31-6)25-15-18(4)29-22(20-11-9-10-17(3)26-20)14-21(27-29)23(30)24-12-13-28(5)8-2/h7,9-11,14-15,21,27H,4,8,12-13,16H2,1-3,5-6H3,(H,24,30)/b19-7-,25-15?. The van der Waals surface area contributed by atoms with Crippen LogP contribution in [0.15, 0.2) is 53.3 Å². The Bertz CT molecular complexity index is 861. The molecule has 8 heteroatoms. The number of hydrazine groups is 1. The summed E-state index contributed by atoms with van der Waals surface area (Å²) >= 11 is 0. The van der Waals surface area contributed by atoms with Crippen molar-refractivity contribution in [2.24, 2.45) is 4.99 Å². The Kier molecular flexibility index (Phi) is 9.58. The summed E-state index contributed by atoms with van der Waals surface area (Å²) in [6, 6.07) is 5.26. The lowest BCUT2D eigenvalue weighted by atomic mass is 10.2. The first-order valence-electron chi connectivity index (χ1n) is 10.4. The molecule has 1 aromatic heterocycles. The van der Waals surface area contributed by atoms with Crippen LogP contribution in [0.5, 0.6) is 0 Å². The lowest BCUT2D eigenvalue weighted by Gasteiger charge is -2.24. The van der Waals surface area contributed by atoms with Gasteiger partial charge in [-0.3, -0.25) is 19.8 Å². The first kappa shape index (κ1) is 24.5. The molecule has 1 atom stereocenters. The van der Waals surface area contributed by atoms with Crippen LogP contribution in [0.1, 0.15) is 25.2 Å². The molecule has 1 aromatic rings. The van der Waals surface area contributed by atoms with Crippen LogP contribution in [0.2, 0.25) is 0 Å². The van der Waals surface area contributed by atoms with Crippen LogP contribution in [0.4, 0.5) is 0 Å². The normalized spacial score (nSPS) is 16.8. The van der Waals surface area contributed by atoms with E-state index in [0.29, 0.717) is 18.8 Å². The van der Waals surface area contributed by atoms with E-state index in [9.17, 15) is 4.79 Å². The molecule has 31 heavy (non-hydrogen) atoms. The average Bonchev–Trinajstić information content (AvgIpc) is 3.22. The molecule has 1 aliphatic rings. The maximum absolute atomic E-state index is 12.8. The Morgan fingerprint density at radius 3 is 2.90 bits per heavy atom. The molecule has 1 amide bonds. The Balaban J connectivity index is 2.20. The average molecular weight is 427 g/mol. The molecular weight excluding hydrogens is 392 g/mol. The van der Waals surface area contributed by atoms with Crippen molar-refractivity contribution < 1.29 is 9.53 Å².